The van der Waals surface area contributed by atoms with Crippen LogP contribution in [0.4, 0.5) is 10.1 Å². The smallest absolute Gasteiger partial charge is 0.241 e. The Hall–Kier alpha value is -2.15. The highest BCUT2D eigenvalue weighted by Gasteiger charge is 2.51. The molecule has 0 atom stereocenters. The average molecular weight is 490 g/mol. The minimum Gasteiger partial charge on any atom is -0.347 e. The molecule has 1 aromatic carbocycles. The molecular weight excluding hydrogens is 457 g/mol. The van der Waals surface area contributed by atoms with E-state index in [9.17, 15) is 18.8 Å². The number of halogens is 2. The molecule has 1 saturated heterocycles. The molecular formula is C26H33ClFN3O3. The van der Waals surface area contributed by atoms with Crippen molar-refractivity contribution in [3.05, 3.63) is 29.0 Å². The predicted octanol–water partition coefficient (Wildman–Crippen LogP) is 4.38. The molecule has 1 aromatic rings. The first kappa shape index (κ1) is 23.6. The molecule has 0 spiro atoms. The van der Waals surface area contributed by atoms with E-state index in [0.717, 1.165) is 17.8 Å². The minimum atomic E-state index is -0.531. The summed E-state index contributed by atoms with van der Waals surface area (Å²) in [7, 11) is 0. The van der Waals surface area contributed by atoms with Crippen molar-refractivity contribution in [1.29, 1.82) is 0 Å². The second kappa shape index (κ2) is 9.48. The first-order valence-electron chi connectivity index (χ1n) is 12.6. The quantitative estimate of drug-likeness (QED) is 0.622. The molecule has 184 valence electrons. The third kappa shape index (κ3) is 5.09. The SMILES string of the molecule is O=C(CC12CC3CC(CC(C3)C1)C2)NCC(=O)N1CCC(C(=O)Nc2ccc(F)c(Cl)c2)CC1. The topological polar surface area (TPSA) is 78.5 Å². The minimum absolute atomic E-state index is 0.00234. The number of rotatable bonds is 6. The summed E-state index contributed by atoms with van der Waals surface area (Å²) in [5.74, 6) is 1.41. The Bertz CT molecular complexity index is 941. The zero-order valence-corrected chi connectivity index (χ0v) is 20.2. The molecule has 4 saturated carbocycles. The van der Waals surface area contributed by atoms with Crippen molar-refractivity contribution in [2.45, 2.75) is 57.8 Å². The second-order valence-electron chi connectivity index (χ2n) is 11.1. The molecule has 5 aliphatic rings. The van der Waals surface area contributed by atoms with Gasteiger partial charge in [0.25, 0.3) is 0 Å². The predicted molar refractivity (Wildman–Crippen MR) is 128 cm³/mol. The molecule has 0 radical (unpaired) electrons. The molecule has 8 heteroatoms. The van der Waals surface area contributed by atoms with Gasteiger partial charge in [-0.15, -0.1) is 0 Å². The van der Waals surface area contributed by atoms with Gasteiger partial charge in [-0.3, -0.25) is 14.4 Å². The number of nitrogens with zero attached hydrogens (tertiary/aromatic N) is 1. The maximum Gasteiger partial charge on any atom is 0.241 e. The largest absolute Gasteiger partial charge is 0.347 e. The number of hydrogen-bond acceptors (Lipinski definition) is 3. The molecule has 34 heavy (non-hydrogen) atoms. The standard InChI is InChI=1S/C26H33ClFN3O3/c27-21-10-20(1-2-22(21)28)30-25(34)19-3-5-31(6-4-19)24(33)15-29-23(32)14-26-11-16-7-17(12-26)9-18(8-16)13-26/h1-2,10,16-19H,3-9,11-15H2,(H,29,32)(H,30,34). The van der Waals surface area contributed by atoms with Gasteiger partial charge in [0.2, 0.25) is 17.7 Å². The second-order valence-corrected chi connectivity index (χ2v) is 11.6. The zero-order valence-electron chi connectivity index (χ0n) is 19.5. The van der Waals surface area contributed by atoms with Crippen molar-refractivity contribution in [3.63, 3.8) is 0 Å². The molecule has 0 unspecified atom stereocenters. The molecule has 4 aliphatic carbocycles. The van der Waals surface area contributed by atoms with Crippen molar-refractivity contribution in [2.75, 3.05) is 25.0 Å². The molecule has 0 aromatic heterocycles. The Morgan fingerprint density at radius 1 is 1.03 bits per heavy atom. The third-order valence-electron chi connectivity index (χ3n) is 8.54. The van der Waals surface area contributed by atoms with E-state index in [1.54, 1.807) is 4.90 Å². The van der Waals surface area contributed by atoms with Crippen LogP contribution in [-0.2, 0) is 14.4 Å². The van der Waals surface area contributed by atoms with Crippen LogP contribution in [0.2, 0.25) is 5.02 Å². The fourth-order valence-corrected chi connectivity index (χ4v) is 7.59. The highest BCUT2D eigenvalue weighted by atomic mass is 35.5. The van der Waals surface area contributed by atoms with Gasteiger partial charge in [-0.1, -0.05) is 11.6 Å². The molecule has 6 rings (SSSR count). The molecule has 3 amide bonds. The van der Waals surface area contributed by atoms with Crippen molar-refractivity contribution in [2.24, 2.45) is 29.1 Å². The monoisotopic (exact) mass is 489 g/mol. The fourth-order valence-electron chi connectivity index (χ4n) is 7.40. The van der Waals surface area contributed by atoms with E-state index in [1.807, 2.05) is 0 Å². The Morgan fingerprint density at radius 3 is 2.24 bits per heavy atom. The lowest BCUT2D eigenvalue weighted by molar-refractivity contribution is -0.137. The molecule has 4 bridgehead atoms. The number of hydrogen-bond donors (Lipinski definition) is 2. The van der Waals surface area contributed by atoms with Gasteiger partial charge in [0, 0.05) is 31.1 Å². The van der Waals surface area contributed by atoms with Crippen molar-refractivity contribution in [1.82, 2.24) is 10.2 Å². The van der Waals surface area contributed by atoms with Gasteiger partial charge < -0.3 is 15.5 Å². The highest BCUT2D eigenvalue weighted by molar-refractivity contribution is 6.31. The summed E-state index contributed by atoms with van der Waals surface area (Å²) in [6.07, 6.45) is 9.25. The molecule has 1 aliphatic heterocycles. The normalized spacial score (nSPS) is 30.3. The van der Waals surface area contributed by atoms with Crippen LogP contribution in [0.5, 0.6) is 0 Å². The number of nitrogens with one attached hydrogen (secondary N) is 2. The van der Waals surface area contributed by atoms with Gasteiger partial charge in [0.15, 0.2) is 0 Å². The number of amides is 3. The summed E-state index contributed by atoms with van der Waals surface area (Å²) < 4.78 is 13.3. The van der Waals surface area contributed by atoms with Gasteiger partial charge in [-0.25, -0.2) is 4.39 Å². The van der Waals surface area contributed by atoms with E-state index in [4.69, 9.17) is 11.6 Å². The van der Waals surface area contributed by atoms with Crippen LogP contribution in [0.25, 0.3) is 0 Å². The van der Waals surface area contributed by atoms with E-state index in [1.165, 1.54) is 56.7 Å². The van der Waals surface area contributed by atoms with Crippen molar-refractivity contribution in [3.8, 4) is 0 Å². The lowest BCUT2D eigenvalue weighted by Gasteiger charge is -2.56. The van der Waals surface area contributed by atoms with Crippen LogP contribution in [0, 0.1) is 34.9 Å². The zero-order chi connectivity index (χ0) is 23.9. The lowest BCUT2D eigenvalue weighted by atomic mass is 9.49. The van der Waals surface area contributed by atoms with Gasteiger partial charge in [0.1, 0.15) is 5.82 Å². The summed E-state index contributed by atoms with van der Waals surface area (Å²) in [6, 6.07) is 4.08. The van der Waals surface area contributed by atoms with E-state index in [0.29, 0.717) is 38.0 Å². The highest BCUT2D eigenvalue weighted by Crippen LogP contribution is 2.61. The number of anilines is 1. The Labute approximate surface area is 205 Å². The summed E-state index contributed by atoms with van der Waals surface area (Å²) in [6.45, 7) is 0.980. The summed E-state index contributed by atoms with van der Waals surface area (Å²) in [4.78, 5) is 39.6. The van der Waals surface area contributed by atoms with Crippen LogP contribution in [0.3, 0.4) is 0 Å². The van der Waals surface area contributed by atoms with Crippen LogP contribution in [-0.4, -0.2) is 42.3 Å². The lowest BCUT2D eigenvalue weighted by Crippen LogP contribution is -2.49. The number of carbonyl (C=O) groups is 3. The van der Waals surface area contributed by atoms with Crippen molar-refractivity contribution < 1.29 is 18.8 Å². The van der Waals surface area contributed by atoms with Crippen molar-refractivity contribution >= 4 is 35.0 Å². The van der Waals surface area contributed by atoms with Gasteiger partial charge >= 0.3 is 0 Å². The molecule has 6 nitrogen and oxygen atoms in total. The van der Waals surface area contributed by atoms with Gasteiger partial charge in [0.05, 0.1) is 11.6 Å². The number of piperidine rings is 1. The van der Waals surface area contributed by atoms with E-state index in [-0.39, 0.29) is 40.6 Å². The maximum atomic E-state index is 13.3. The van der Waals surface area contributed by atoms with Crippen LogP contribution < -0.4 is 10.6 Å². The molecule has 2 N–H and O–H groups in total. The summed E-state index contributed by atoms with van der Waals surface area (Å²) in [5.41, 5.74) is 0.624. The van der Waals surface area contributed by atoms with Crippen LogP contribution >= 0.6 is 11.6 Å². The fraction of sp³-hybridized carbons (Fsp3) is 0.654. The molecule has 5 fully saturated rings. The number of likely N-dealkylation sites (tertiary alicyclic amines) is 1. The summed E-state index contributed by atoms with van der Waals surface area (Å²) in [5, 5.41) is 5.62. The average Bonchev–Trinajstić information content (AvgIpc) is 2.79. The van der Waals surface area contributed by atoms with E-state index in [2.05, 4.69) is 10.6 Å². The summed E-state index contributed by atoms with van der Waals surface area (Å²) >= 11 is 5.78. The van der Waals surface area contributed by atoms with E-state index < -0.39 is 5.82 Å². The van der Waals surface area contributed by atoms with Crippen LogP contribution in [0.15, 0.2) is 18.2 Å². The maximum absolute atomic E-state index is 13.3. The van der Waals surface area contributed by atoms with E-state index >= 15 is 0 Å². The number of carbonyl (C=O) groups excluding carboxylic acids is 3. The first-order chi connectivity index (χ1) is 16.3. The van der Waals surface area contributed by atoms with Gasteiger partial charge in [-0.05, 0) is 92.7 Å². The first-order valence-corrected chi connectivity index (χ1v) is 13.0. The van der Waals surface area contributed by atoms with Crippen LogP contribution in [0.1, 0.15) is 57.8 Å². The number of benzene rings is 1. The Balaban J connectivity index is 1.05. The Morgan fingerprint density at radius 2 is 1.65 bits per heavy atom. The Kier molecular flexibility index (Phi) is 6.58. The van der Waals surface area contributed by atoms with Gasteiger partial charge in [-0.2, -0.15) is 0 Å². The third-order valence-corrected chi connectivity index (χ3v) is 8.83. The molecule has 1 heterocycles.